The maximum Gasteiger partial charge on any atom is 0.253 e. The first-order valence-corrected chi connectivity index (χ1v) is 6.43. The zero-order valence-corrected chi connectivity index (χ0v) is 10.1. The van der Waals surface area contributed by atoms with Crippen molar-refractivity contribution in [1.82, 2.24) is 5.32 Å². The van der Waals surface area contributed by atoms with E-state index in [2.05, 4.69) is 5.32 Å². The zero-order chi connectivity index (χ0) is 12.5. The van der Waals surface area contributed by atoms with E-state index >= 15 is 0 Å². The molecule has 2 aliphatic heterocycles. The molecule has 0 spiro atoms. The molecule has 2 heterocycles. The minimum atomic E-state index is -1.09. The number of aliphatic hydroxyl groups is 1. The average molecular weight is 247 g/mol. The van der Waals surface area contributed by atoms with E-state index < -0.39 is 6.10 Å². The Morgan fingerprint density at radius 2 is 2.11 bits per heavy atom. The van der Waals surface area contributed by atoms with Crippen LogP contribution in [0.25, 0.3) is 0 Å². The van der Waals surface area contributed by atoms with Crippen molar-refractivity contribution < 1.29 is 14.6 Å². The monoisotopic (exact) mass is 247 g/mol. The number of rotatable bonds is 3. The van der Waals surface area contributed by atoms with Crippen LogP contribution in [0.15, 0.2) is 30.3 Å². The Morgan fingerprint density at radius 1 is 1.33 bits per heavy atom. The van der Waals surface area contributed by atoms with Crippen LogP contribution in [-0.2, 0) is 9.53 Å². The van der Waals surface area contributed by atoms with E-state index in [0.29, 0.717) is 11.7 Å². The standard InChI is InChI=1S/C14H17NO3/c16-13(9-4-2-1-3-5-9)14(17)15-11-8-10-6-7-12(11)18-10/h1-5,10-13,16H,6-8H2,(H,15,17). The van der Waals surface area contributed by atoms with Gasteiger partial charge in [0.1, 0.15) is 0 Å². The van der Waals surface area contributed by atoms with Gasteiger partial charge in [0.25, 0.3) is 5.91 Å². The Labute approximate surface area is 106 Å². The Kier molecular flexibility index (Phi) is 3.06. The number of hydrogen-bond acceptors (Lipinski definition) is 3. The average Bonchev–Trinajstić information content (AvgIpc) is 3.01. The first-order valence-electron chi connectivity index (χ1n) is 6.43. The van der Waals surface area contributed by atoms with Gasteiger partial charge in [0.05, 0.1) is 18.2 Å². The highest BCUT2D eigenvalue weighted by Gasteiger charge is 2.41. The van der Waals surface area contributed by atoms with Crippen LogP contribution in [0, 0.1) is 0 Å². The number of benzene rings is 1. The first-order chi connectivity index (χ1) is 8.74. The van der Waals surface area contributed by atoms with Gasteiger partial charge in [-0.1, -0.05) is 30.3 Å². The van der Waals surface area contributed by atoms with Crippen molar-refractivity contribution in [3.63, 3.8) is 0 Å². The molecule has 1 aromatic rings. The van der Waals surface area contributed by atoms with E-state index in [9.17, 15) is 9.90 Å². The molecule has 2 bridgehead atoms. The SMILES string of the molecule is O=C(NC1CC2CCC1O2)C(O)c1ccccc1. The molecular formula is C14H17NO3. The summed E-state index contributed by atoms with van der Waals surface area (Å²) in [5, 5.41) is 12.9. The quantitative estimate of drug-likeness (QED) is 0.842. The maximum atomic E-state index is 12.0. The van der Waals surface area contributed by atoms with Gasteiger partial charge in [-0.25, -0.2) is 0 Å². The summed E-state index contributed by atoms with van der Waals surface area (Å²) < 4.78 is 5.67. The molecule has 4 atom stereocenters. The minimum Gasteiger partial charge on any atom is -0.378 e. The van der Waals surface area contributed by atoms with E-state index in [-0.39, 0.29) is 18.1 Å². The summed E-state index contributed by atoms with van der Waals surface area (Å²) in [6.07, 6.45) is 2.33. The first kappa shape index (κ1) is 11.7. The highest BCUT2D eigenvalue weighted by atomic mass is 16.5. The van der Waals surface area contributed by atoms with Crippen LogP contribution in [0.1, 0.15) is 30.9 Å². The fraction of sp³-hybridized carbons (Fsp3) is 0.500. The second kappa shape index (κ2) is 4.71. The molecule has 0 aromatic heterocycles. The van der Waals surface area contributed by atoms with Crippen LogP contribution in [0.2, 0.25) is 0 Å². The van der Waals surface area contributed by atoms with Crippen LogP contribution in [0.5, 0.6) is 0 Å². The summed E-state index contributed by atoms with van der Waals surface area (Å²) in [7, 11) is 0. The van der Waals surface area contributed by atoms with E-state index in [1.165, 1.54) is 0 Å². The third kappa shape index (κ3) is 2.13. The lowest BCUT2D eigenvalue weighted by atomic mass is 9.95. The smallest absolute Gasteiger partial charge is 0.253 e. The normalized spacial score (nSPS) is 31.3. The van der Waals surface area contributed by atoms with Gasteiger partial charge in [0, 0.05) is 0 Å². The minimum absolute atomic E-state index is 0.0645. The van der Waals surface area contributed by atoms with Crippen LogP contribution >= 0.6 is 0 Å². The number of amides is 1. The van der Waals surface area contributed by atoms with Crippen molar-refractivity contribution in [3.05, 3.63) is 35.9 Å². The van der Waals surface area contributed by atoms with Gasteiger partial charge in [-0.2, -0.15) is 0 Å². The van der Waals surface area contributed by atoms with Gasteiger partial charge in [-0.15, -0.1) is 0 Å². The molecular weight excluding hydrogens is 230 g/mol. The molecule has 2 aliphatic rings. The molecule has 4 heteroatoms. The Balaban J connectivity index is 1.62. The highest BCUT2D eigenvalue weighted by Crippen LogP contribution is 2.34. The molecule has 2 saturated heterocycles. The second-order valence-corrected chi connectivity index (χ2v) is 5.04. The number of carbonyl (C=O) groups excluding carboxylic acids is 1. The van der Waals surface area contributed by atoms with Crippen molar-refractivity contribution in [2.45, 2.75) is 43.6 Å². The summed E-state index contributed by atoms with van der Waals surface area (Å²) >= 11 is 0. The number of hydrogen-bond donors (Lipinski definition) is 2. The molecule has 0 saturated carbocycles. The Morgan fingerprint density at radius 3 is 2.72 bits per heavy atom. The molecule has 2 N–H and O–H groups in total. The number of aliphatic hydroxyl groups excluding tert-OH is 1. The fourth-order valence-corrected chi connectivity index (χ4v) is 2.84. The molecule has 0 radical (unpaired) electrons. The predicted octanol–water partition coefficient (Wildman–Crippen LogP) is 1.16. The van der Waals surface area contributed by atoms with Gasteiger partial charge in [-0.05, 0) is 24.8 Å². The van der Waals surface area contributed by atoms with Crippen molar-refractivity contribution >= 4 is 5.91 Å². The number of carbonyl (C=O) groups is 1. The predicted molar refractivity (Wildman–Crippen MR) is 65.8 cm³/mol. The fourth-order valence-electron chi connectivity index (χ4n) is 2.84. The van der Waals surface area contributed by atoms with Crippen LogP contribution in [0.4, 0.5) is 0 Å². The Bertz CT molecular complexity index is 434. The molecule has 4 unspecified atom stereocenters. The number of fused-ring (bicyclic) bond motifs is 2. The summed E-state index contributed by atoms with van der Waals surface area (Å²) in [5.41, 5.74) is 0.624. The summed E-state index contributed by atoms with van der Waals surface area (Å²) in [6, 6.07) is 9.05. The van der Waals surface area contributed by atoms with Gasteiger partial charge in [-0.3, -0.25) is 4.79 Å². The van der Waals surface area contributed by atoms with Gasteiger partial charge >= 0.3 is 0 Å². The third-order valence-electron chi connectivity index (χ3n) is 3.80. The van der Waals surface area contributed by atoms with Crippen molar-refractivity contribution in [1.29, 1.82) is 0 Å². The third-order valence-corrected chi connectivity index (χ3v) is 3.80. The molecule has 1 aromatic carbocycles. The van der Waals surface area contributed by atoms with E-state index in [4.69, 9.17) is 4.74 Å². The van der Waals surface area contributed by atoms with Crippen LogP contribution < -0.4 is 5.32 Å². The lowest BCUT2D eigenvalue weighted by Gasteiger charge is -2.21. The van der Waals surface area contributed by atoms with Gasteiger partial charge in [0.2, 0.25) is 0 Å². The van der Waals surface area contributed by atoms with Crippen molar-refractivity contribution in [2.24, 2.45) is 0 Å². The molecule has 1 amide bonds. The molecule has 0 aliphatic carbocycles. The van der Waals surface area contributed by atoms with E-state index in [1.54, 1.807) is 12.1 Å². The van der Waals surface area contributed by atoms with E-state index in [1.807, 2.05) is 18.2 Å². The molecule has 96 valence electrons. The Hall–Kier alpha value is -1.39. The second-order valence-electron chi connectivity index (χ2n) is 5.04. The number of nitrogens with one attached hydrogen (secondary N) is 1. The molecule has 2 fully saturated rings. The van der Waals surface area contributed by atoms with Gasteiger partial charge < -0.3 is 15.2 Å². The van der Waals surface area contributed by atoms with Crippen LogP contribution in [0.3, 0.4) is 0 Å². The molecule has 3 rings (SSSR count). The van der Waals surface area contributed by atoms with Gasteiger partial charge in [0.15, 0.2) is 6.10 Å². The van der Waals surface area contributed by atoms with Crippen molar-refractivity contribution in [2.75, 3.05) is 0 Å². The maximum absolute atomic E-state index is 12.0. The summed E-state index contributed by atoms with van der Waals surface area (Å²) in [6.45, 7) is 0. The summed E-state index contributed by atoms with van der Waals surface area (Å²) in [4.78, 5) is 12.0. The lowest BCUT2D eigenvalue weighted by Crippen LogP contribution is -2.43. The largest absolute Gasteiger partial charge is 0.378 e. The molecule has 4 nitrogen and oxygen atoms in total. The zero-order valence-electron chi connectivity index (χ0n) is 10.1. The van der Waals surface area contributed by atoms with E-state index in [0.717, 1.165) is 19.3 Å². The van der Waals surface area contributed by atoms with Crippen molar-refractivity contribution in [3.8, 4) is 0 Å². The lowest BCUT2D eigenvalue weighted by molar-refractivity contribution is -0.130. The topological polar surface area (TPSA) is 58.6 Å². The number of ether oxygens (including phenoxy) is 1. The summed E-state index contributed by atoms with van der Waals surface area (Å²) in [5.74, 6) is -0.331. The van der Waals surface area contributed by atoms with Crippen LogP contribution in [-0.4, -0.2) is 29.3 Å². The highest BCUT2D eigenvalue weighted by molar-refractivity contribution is 5.82. The molecule has 18 heavy (non-hydrogen) atoms.